The van der Waals surface area contributed by atoms with E-state index in [1.54, 1.807) is 20.8 Å². The van der Waals surface area contributed by atoms with Crippen molar-refractivity contribution < 1.29 is 33.7 Å². The maximum atomic E-state index is 11.8. The lowest BCUT2D eigenvalue weighted by atomic mass is 10.1. The molecular weight excluding hydrogens is 304 g/mol. The van der Waals surface area contributed by atoms with E-state index in [0.717, 1.165) is 6.08 Å². The monoisotopic (exact) mass is 322 g/mol. The fourth-order valence-corrected chi connectivity index (χ4v) is 1.32. The van der Waals surface area contributed by atoms with Crippen LogP contribution in [0.15, 0.2) is 11.6 Å². The molecule has 8 heteroatoms. The molecule has 0 rings (SSSR count). The van der Waals surface area contributed by atoms with Crippen LogP contribution in [0.3, 0.4) is 0 Å². The summed E-state index contributed by atoms with van der Waals surface area (Å²) in [5, 5.41) is 8.74. The second-order valence-electron chi connectivity index (χ2n) is 4.97. The molecule has 0 atom stereocenters. The van der Waals surface area contributed by atoms with Gasteiger partial charge in [-0.15, -0.1) is 0 Å². The first-order chi connectivity index (χ1) is 9.65. The molecule has 120 valence electrons. The zero-order valence-electron chi connectivity index (χ0n) is 12.2. The molecule has 0 spiro atoms. The molecule has 1 N–H and O–H groups in total. The van der Waals surface area contributed by atoms with Gasteiger partial charge in [0.1, 0.15) is 5.60 Å². The minimum atomic E-state index is -1.25. The van der Waals surface area contributed by atoms with Crippen LogP contribution in [0.2, 0.25) is 0 Å². The lowest BCUT2D eigenvalue weighted by molar-refractivity contribution is -0.150. The maximum Gasteiger partial charge on any atom is 0.509 e. The number of carbonyl (C=O) groups excluding carboxylic acids is 2. The van der Waals surface area contributed by atoms with Gasteiger partial charge in [0, 0.05) is 11.6 Å². The summed E-state index contributed by atoms with van der Waals surface area (Å²) in [5.74, 6) is -1.97. The molecule has 0 unspecified atom stereocenters. The molecule has 0 aliphatic carbocycles. The third-order valence-electron chi connectivity index (χ3n) is 1.94. The first kappa shape index (κ1) is 19.2. The summed E-state index contributed by atoms with van der Waals surface area (Å²) in [4.78, 5) is 33.4. The average Bonchev–Trinajstić information content (AvgIpc) is 2.30. The standard InChI is InChI=1S/C13H19ClO7/c1-13(2,3)21-11(17)9(7-10(15)16)5-4-6-19-12(18)20-8-14/h7H,4-6,8H2,1-3H3,(H,15,16)/b9-7+. The Morgan fingerprint density at radius 2 is 1.81 bits per heavy atom. The first-order valence-corrected chi connectivity index (χ1v) is 6.71. The van der Waals surface area contributed by atoms with E-state index in [1.807, 2.05) is 0 Å². The Morgan fingerprint density at radius 1 is 1.19 bits per heavy atom. The zero-order chi connectivity index (χ0) is 16.5. The Balaban J connectivity index is 4.43. The fourth-order valence-electron chi connectivity index (χ4n) is 1.23. The highest BCUT2D eigenvalue weighted by Crippen LogP contribution is 2.14. The van der Waals surface area contributed by atoms with Crippen molar-refractivity contribution in [1.82, 2.24) is 0 Å². The van der Waals surface area contributed by atoms with Gasteiger partial charge in [0.15, 0.2) is 6.07 Å². The molecule has 0 aliphatic rings. The van der Waals surface area contributed by atoms with E-state index in [-0.39, 0.29) is 31.1 Å². The summed E-state index contributed by atoms with van der Waals surface area (Å²) in [6, 6.07) is -0.319. The van der Waals surface area contributed by atoms with Crippen molar-refractivity contribution in [3.8, 4) is 0 Å². The number of carboxylic acid groups (broad SMARTS) is 1. The SMILES string of the molecule is CC(C)(C)OC(=O)/C(=C/C(=O)O)CCCOC(=O)OCCl. The van der Waals surface area contributed by atoms with Gasteiger partial charge in [-0.1, -0.05) is 11.6 Å². The summed E-state index contributed by atoms with van der Waals surface area (Å²) in [6.45, 7) is 4.99. The van der Waals surface area contributed by atoms with E-state index in [4.69, 9.17) is 21.4 Å². The number of esters is 1. The third-order valence-corrected chi connectivity index (χ3v) is 2.05. The Kier molecular flexibility index (Phi) is 8.45. The number of hydrogen-bond acceptors (Lipinski definition) is 6. The minimum absolute atomic E-state index is 0.00765. The molecule has 0 aromatic carbocycles. The molecule has 0 aromatic heterocycles. The van der Waals surface area contributed by atoms with Crippen LogP contribution in [0.4, 0.5) is 4.79 Å². The van der Waals surface area contributed by atoms with Gasteiger partial charge in [0.05, 0.1) is 6.61 Å². The van der Waals surface area contributed by atoms with Crippen molar-refractivity contribution in [2.45, 2.75) is 39.2 Å². The van der Waals surface area contributed by atoms with E-state index < -0.39 is 23.7 Å². The topological polar surface area (TPSA) is 99.1 Å². The van der Waals surface area contributed by atoms with Crippen molar-refractivity contribution >= 4 is 29.7 Å². The molecule has 0 amide bonds. The number of aliphatic carboxylic acids is 1. The number of alkyl halides is 1. The van der Waals surface area contributed by atoms with Crippen molar-refractivity contribution in [2.24, 2.45) is 0 Å². The fraction of sp³-hybridized carbons (Fsp3) is 0.615. The highest BCUT2D eigenvalue weighted by atomic mass is 35.5. The Bertz CT molecular complexity index is 409. The molecule has 21 heavy (non-hydrogen) atoms. The second-order valence-corrected chi connectivity index (χ2v) is 5.18. The van der Waals surface area contributed by atoms with Crippen LogP contribution in [0, 0.1) is 0 Å². The molecule has 0 aliphatic heterocycles. The molecule has 0 fully saturated rings. The van der Waals surface area contributed by atoms with Crippen LogP contribution in [0.1, 0.15) is 33.6 Å². The molecule has 0 saturated heterocycles. The maximum absolute atomic E-state index is 11.8. The van der Waals surface area contributed by atoms with Gasteiger partial charge in [-0.2, -0.15) is 0 Å². The molecule has 0 heterocycles. The number of rotatable bonds is 7. The molecule has 0 aromatic rings. The van der Waals surface area contributed by atoms with Crippen LogP contribution in [0.5, 0.6) is 0 Å². The van der Waals surface area contributed by atoms with Crippen molar-refractivity contribution in [1.29, 1.82) is 0 Å². The highest BCUT2D eigenvalue weighted by molar-refractivity contribution is 6.17. The minimum Gasteiger partial charge on any atom is -0.478 e. The molecular formula is C13H19ClO7. The average molecular weight is 323 g/mol. The molecule has 0 saturated carbocycles. The van der Waals surface area contributed by atoms with Gasteiger partial charge >= 0.3 is 18.1 Å². The molecule has 7 nitrogen and oxygen atoms in total. The van der Waals surface area contributed by atoms with E-state index in [0.29, 0.717) is 0 Å². The van der Waals surface area contributed by atoms with Crippen LogP contribution in [-0.2, 0) is 23.8 Å². The Hall–Kier alpha value is -1.76. The lowest BCUT2D eigenvalue weighted by Crippen LogP contribution is -2.25. The summed E-state index contributed by atoms with van der Waals surface area (Å²) in [5.41, 5.74) is -0.735. The highest BCUT2D eigenvalue weighted by Gasteiger charge is 2.20. The van der Waals surface area contributed by atoms with Gasteiger partial charge in [-0.05, 0) is 33.6 Å². The predicted molar refractivity (Wildman–Crippen MR) is 74.0 cm³/mol. The van der Waals surface area contributed by atoms with E-state index in [2.05, 4.69) is 9.47 Å². The lowest BCUT2D eigenvalue weighted by Gasteiger charge is -2.20. The number of halogens is 1. The van der Waals surface area contributed by atoms with Crippen molar-refractivity contribution in [2.75, 3.05) is 12.7 Å². The van der Waals surface area contributed by atoms with Crippen LogP contribution in [-0.4, -0.2) is 41.5 Å². The first-order valence-electron chi connectivity index (χ1n) is 6.18. The summed E-state index contributed by atoms with van der Waals surface area (Å²) in [7, 11) is 0. The molecule has 0 bridgehead atoms. The van der Waals surface area contributed by atoms with Crippen molar-refractivity contribution in [3.63, 3.8) is 0 Å². The zero-order valence-corrected chi connectivity index (χ0v) is 12.9. The van der Waals surface area contributed by atoms with E-state index >= 15 is 0 Å². The van der Waals surface area contributed by atoms with Gasteiger partial charge in [-0.25, -0.2) is 14.4 Å². The number of carbonyl (C=O) groups is 3. The summed E-state index contributed by atoms with van der Waals surface area (Å²) < 4.78 is 14.1. The quantitative estimate of drug-likeness (QED) is 0.332. The predicted octanol–water partition coefficient (Wildman–Crippen LogP) is 2.47. The normalized spacial score (nSPS) is 11.7. The second kappa shape index (κ2) is 9.23. The van der Waals surface area contributed by atoms with Crippen molar-refractivity contribution in [3.05, 3.63) is 11.6 Å². The third kappa shape index (κ3) is 10.7. The van der Waals surface area contributed by atoms with Crippen LogP contribution < -0.4 is 0 Å². The van der Waals surface area contributed by atoms with Gasteiger partial charge in [-0.3, -0.25) is 0 Å². The number of hydrogen-bond donors (Lipinski definition) is 1. The van der Waals surface area contributed by atoms with Crippen LogP contribution in [0.25, 0.3) is 0 Å². The van der Waals surface area contributed by atoms with Gasteiger partial charge in [0.25, 0.3) is 0 Å². The van der Waals surface area contributed by atoms with Gasteiger partial charge < -0.3 is 19.3 Å². The number of carboxylic acids is 1. The largest absolute Gasteiger partial charge is 0.509 e. The Morgan fingerprint density at radius 3 is 2.29 bits per heavy atom. The number of ether oxygens (including phenoxy) is 3. The summed E-state index contributed by atoms with van der Waals surface area (Å²) in [6.07, 6.45) is 0.196. The molecule has 0 radical (unpaired) electrons. The smallest absolute Gasteiger partial charge is 0.478 e. The van der Waals surface area contributed by atoms with E-state index in [1.165, 1.54) is 0 Å². The Labute approximate surface area is 127 Å². The van der Waals surface area contributed by atoms with Crippen LogP contribution >= 0.6 is 11.6 Å². The van der Waals surface area contributed by atoms with Gasteiger partial charge in [0.2, 0.25) is 0 Å². The summed E-state index contributed by atoms with van der Waals surface area (Å²) >= 11 is 5.16. The van der Waals surface area contributed by atoms with E-state index in [9.17, 15) is 14.4 Å².